The third-order valence-corrected chi connectivity index (χ3v) is 3.56. The zero-order valence-corrected chi connectivity index (χ0v) is 13.6. The Balaban J connectivity index is 2.00. The first-order valence-corrected chi connectivity index (χ1v) is 7.26. The van der Waals surface area contributed by atoms with E-state index in [9.17, 15) is 19.3 Å². The van der Waals surface area contributed by atoms with Gasteiger partial charge in [0.15, 0.2) is 18.2 Å². The summed E-state index contributed by atoms with van der Waals surface area (Å²) >= 11 is 3.13. The van der Waals surface area contributed by atoms with Crippen LogP contribution in [0.15, 0.2) is 46.9 Å². The number of carbonyl (C=O) groups excluding carboxylic acids is 1. The molecule has 6 nitrogen and oxygen atoms in total. The summed E-state index contributed by atoms with van der Waals surface area (Å²) in [6.45, 7) is -0.355. The molecule has 0 aliphatic carbocycles. The monoisotopic (exact) mass is 382 g/mol. The second kappa shape index (κ2) is 7.19. The molecule has 0 heterocycles. The first kappa shape index (κ1) is 16.9. The number of likely N-dealkylation sites (N-methyl/N-ethyl adjacent to an activating group) is 1. The molecule has 8 heteroatoms. The molecule has 0 aliphatic heterocycles. The van der Waals surface area contributed by atoms with E-state index in [-0.39, 0.29) is 18.0 Å². The number of anilines is 1. The average Bonchev–Trinajstić information content (AvgIpc) is 2.53. The smallest absolute Gasteiger partial charge is 0.269 e. The maximum Gasteiger partial charge on any atom is 0.269 e. The first-order chi connectivity index (χ1) is 10.9. The summed E-state index contributed by atoms with van der Waals surface area (Å²) in [6, 6.07) is 9.76. The number of amides is 1. The van der Waals surface area contributed by atoms with Crippen LogP contribution in [0, 0.1) is 15.9 Å². The molecule has 0 N–H and O–H groups in total. The number of hydrogen-bond donors (Lipinski definition) is 0. The van der Waals surface area contributed by atoms with Crippen molar-refractivity contribution < 1.29 is 18.8 Å². The van der Waals surface area contributed by atoms with Crippen molar-refractivity contribution in [2.75, 3.05) is 18.6 Å². The third-order valence-electron chi connectivity index (χ3n) is 3.07. The zero-order valence-electron chi connectivity index (χ0n) is 12.0. The van der Waals surface area contributed by atoms with Crippen LogP contribution in [0.5, 0.6) is 5.75 Å². The molecular weight excluding hydrogens is 371 g/mol. The molecule has 0 saturated carbocycles. The largest absolute Gasteiger partial charge is 0.481 e. The molecule has 0 atom stereocenters. The van der Waals surface area contributed by atoms with Gasteiger partial charge < -0.3 is 9.64 Å². The summed E-state index contributed by atoms with van der Waals surface area (Å²) in [5.74, 6) is -1.02. The minimum absolute atomic E-state index is 0.0290. The van der Waals surface area contributed by atoms with E-state index in [0.717, 1.165) is 0 Å². The number of hydrogen-bond acceptors (Lipinski definition) is 4. The molecule has 23 heavy (non-hydrogen) atoms. The third kappa shape index (κ3) is 4.26. The van der Waals surface area contributed by atoms with Crippen LogP contribution in [0.1, 0.15) is 0 Å². The van der Waals surface area contributed by atoms with Gasteiger partial charge in [0.25, 0.3) is 11.6 Å². The highest BCUT2D eigenvalue weighted by Gasteiger charge is 2.14. The lowest BCUT2D eigenvalue weighted by atomic mass is 10.2. The van der Waals surface area contributed by atoms with Crippen molar-refractivity contribution in [3.63, 3.8) is 0 Å². The number of nitrogens with zero attached hydrogens (tertiary/aromatic N) is 2. The van der Waals surface area contributed by atoms with E-state index in [1.165, 1.54) is 48.3 Å². The van der Waals surface area contributed by atoms with Gasteiger partial charge >= 0.3 is 0 Å². The SMILES string of the molecule is CN(C(=O)COc1ccc(Br)cc1F)c1ccc([N+](=O)[O-])cc1. The number of ether oxygens (including phenoxy) is 1. The molecule has 0 fully saturated rings. The number of carbonyl (C=O) groups is 1. The number of non-ortho nitro benzene ring substituents is 1. The molecule has 2 aromatic carbocycles. The Bertz CT molecular complexity index is 737. The molecule has 0 saturated heterocycles. The van der Waals surface area contributed by atoms with Crippen LogP contribution in [0.4, 0.5) is 15.8 Å². The van der Waals surface area contributed by atoms with Gasteiger partial charge in [0.2, 0.25) is 0 Å². The quantitative estimate of drug-likeness (QED) is 0.585. The number of benzene rings is 2. The van der Waals surface area contributed by atoms with Crippen molar-refractivity contribution in [3.05, 3.63) is 62.9 Å². The molecular formula is C15H12BrFN2O4. The predicted molar refractivity (Wildman–Crippen MR) is 86.1 cm³/mol. The summed E-state index contributed by atoms with van der Waals surface area (Å²) in [5, 5.41) is 10.6. The maximum absolute atomic E-state index is 13.6. The minimum Gasteiger partial charge on any atom is -0.481 e. The Morgan fingerprint density at radius 3 is 2.52 bits per heavy atom. The molecule has 2 aromatic rings. The van der Waals surface area contributed by atoms with Gasteiger partial charge in [-0.15, -0.1) is 0 Å². The van der Waals surface area contributed by atoms with Gasteiger partial charge in [0, 0.05) is 29.3 Å². The van der Waals surface area contributed by atoms with E-state index in [1.807, 2.05) is 0 Å². The van der Waals surface area contributed by atoms with Crippen molar-refractivity contribution >= 4 is 33.2 Å². The fourth-order valence-corrected chi connectivity index (χ4v) is 2.10. The molecule has 0 unspecified atom stereocenters. The Kier molecular flexibility index (Phi) is 5.28. The van der Waals surface area contributed by atoms with Gasteiger partial charge in [0.1, 0.15) is 0 Å². The van der Waals surface area contributed by atoms with Crippen LogP contribution >= 0.6 is 15.9 Å². The van der Waals surface area contributed by atoms with Gasteiger partial charge in [-0.25, -0.2) is 4.39 Å². The average molecular weight is 383 g/mol. The Morgan fingerprint density at radius 2 is 1.96 bits per heavy atom. The Hall–Kier alpha value is -2.48. The Labute approximate surface area is 139 Å². The van der Waals surface area contributed by atoms with Gasteiger partial charge in [-0.05, 0) is 30.3 Å². The van der Waals surface area contributed by atoms with E-state index in [2.05, 4.69) is 15.9 Å². The standard InChI is InChI=1S/C15H12BrFN2O4/c1-18(11-3-5-12(6-4-11)19(21)22)15(20)9-23-14-7-2-10(16)8-13(14)17/h2-8H,9H2,1H3. The molecule has 1 amide bonds. The lowest BCUT2D eigenvalue weighted by molar-refractivity contribution is -0.384. The maximum atomic E-state index is 13.6. The van der Waals surface area contributed by atoms with Crippen LogP contribution < -0.4 is 9.64 Å². The van der Waals surface area contributed by atoms with Crippen molar-refractivity contribution in [2.45, 2.75) is 0 Å². The van der Waals surface area contributed by atoms with Crippen molar-refractivity contribution in [1.82, 2.24) is 0 Å². The molecule has 0 aromatic heterocycles. The number of rotatable bonds is 5. The van der Waals surface area contributed by atoms with Gasteiger partial charge in [-0.1, -0.05) is 15.9 Å². The summed E-state index contributed by atoms with van der Waals surface area (Å²) in [4.78, 5) is 23.4. The highest BCUT2D eigenvalue weighted by molar-refractivity contribution is 9.10. The number of halogens is 2. The van der Waals surface area contributed by atoms with Crippen LogP contribution in [0.25, 0.3) is 0 Å². The lowest BCUT2D eigenvalue weighted by Gasteiger charge is -2.17. The van der Waals surface area contributed by atoms with E-state index < -0.39 is 16.6 Å². The van der Waals surface area contributed by atoms with Crippen LogP contribution in [0.2, 0.25) is 0 Å². The van der Waals surface area contributed by atoms with Crippen molar-refractivity contribution in [2.24, 2.45) is 0 Å². The van der Waals surface area contributed by atoms with Crippen LogP contribution in [-0.4, -0.2) is 24.5 Å². The number of nitro benzene ring substituents is 1. The van der Waals surface area contributed by atoms with Gasteiger partial charge in [-0.2, -0.15) is 0 Å². The lowest BCUT2D eigenvalue weighted by Crippen LogP contribution is -2.31. The van der Waals surface area contributed by atoms with Gasteiger partial charge in [-0.3, -0.25) is 14.9 Å². The van der Waals surface area contributed by atoms with Crippen LogP contribution in [0.3, 0.4) is 0 Å². The predicted octanol–water partition coefficient (Wildman–Crippen LogP) is 3.54. The molecule has 0 bridgehead atoms. The normalized spacial score (nSPS) is 10.2. The van der Waals surface area contributed by atoms with E-state index in [4.69, 9.17) is 4.74 Å². The van der Waals surface area contributed by atoms with E-state index >= 15 is 0 Å². The molecule has 0 aliphatic rings. The fourth-order valence-electron chi connectivity index (χ4n) is 1.77. The molecule has 120 valence electrons. The first-order valence-electron chi connectivity index (χ1n) is 6.47. The second-order valence-electron chi connectivity index (χ2n) is 4.59. The molecule has 0 spiro atoms. The summed E-state index contributed by atoms with van der Waals surface area (Å²) < 4.78 is 19.3. The number of nitro groups is 1. The van der Waals surface area contributed by atoms with Crippen LogP contribution in [-0.2, 0) is 4.79 Å². The molecule has 0 radical (unpaired) electrons. The minimum atomic E-state index is -0.579. The Morgan fingerprint density at radius 1 is 1.30 bits per heavy atom. The fraction of sp³-hybridized carbons (Fsp3) is 0.133. The second-order valence-corrected chi connectivity index (χ2v) is 5.51. The highest BCUT2D eigenvalue weighted by Crippen LogP contribution is 2.22. The highest BCUT2D eigenvalue weighted by atomic mass is 79.9. The van der Waals surface area contributed by atoms with Crippen molar-refractivity contribution in [3.8, 4) is 5.75 Å². The van der Waals surface area contributed by atoms with Crippen molar-refractivity contribution in [1.29, 1.82) is 0 Å². The molecule has 2 rings (SSSR count). The topological polar surface area (TPSA) is 72.7 Å². The summed E-state index contributed by atoms with van der Waals surface area (Å²) in [6.07, 6.45) is 0. The van der Waals surface area contributed by atoms with Gasteiger partial charge in [0.05, 0.1) is 4.92 Å². The van der Waals surface area contributed by atoms with E-state index in [1.54, 1.807) is 6.07 Å². The summed E-state index contributed by atoms with van der Waals surface area (Å²) in [5.41, 5.74) is 0.406. The van der Waals surface area contributed by atoms with E-state index in [0.29, 0.717) is 10.2 Å². The summed E-state index contributed by atoms with van der Waals surface area (Å²) in [7, 11) is 1.50. The zero-order chi connectivity index (χ0) is 17.0.